The minimum atomic E-state index is -0.240. The van der Waals surface area contributed by atoms with Crippen LogP contribution in [0, 0.1) is 0 Å². The molecule has 6 nitrogen and oxygen atoms in total. The lowest BCUT2D eigenvalue weighted by Crippen LogP contribution is -3.00. The number of carbonyl (C=O) groups excluding carboxylic acids is 2. The molecule has 0 aliphatic carbocycles. The van der Waals surface area contributed by atoms with Gasteiger partial charge < -0.3 is 17.7 Å². The van der Waals surface area contributed by atoms with E-state index in [0.29, 0.717) is 5.56 Å². The van der Waals surface area contributed by atoms with Gasteiger partial charge in [0.2, 0.25) is 6.54 Å². The molecule has 0 aliphatic rings. The zero-order valence-corrected chi connectivity index (χ0v) is 12.0. The predicted molar refractivity (Wildman–Crippen MR) is 66.4 cm³/mol. The molecule has 1 aromatic rings. The molecule has 1 heterocycles. The van der Waals surface area contributed by atoms with Crippen molar-refractivity contribution in [1.82, 2.24) is 16.2 Å². The lowest BCUT2D eigenvalue weighted by molar-refractivity contribution is -0.684. The maximum atomic E-state index is 11.6. The molecule has 0 bridgehead atoms. The third kappa shape index (κ3) is 6.17. The molecule has 19 heavy (non-hydrogen) atoms. The number of halogens is 1. The summed E-state index contributed by atoms with van der Waals surface area (Å²) >= 11 is 0. The van der Waals surface area contributed by atoms with E-state index in [1.54, 1.807) is 36.1 Å². The highest BCUT2D eigenvalue weighted by Gasteiger charge is 2.13. The Kier molecular flexibility index (Phi) is 7.71. The molecular weight excluding hydrogens is 268 g/mol. The Bertz CT molecular complexity index is 437. The van der Waals surface area contributed by atoms with Gasteiger partial charge in [0.15, 0.2) is 12.4 Å². The summed E-state index contributed by atoms with van der Waals surface area (Å²) in [5.41, 5.74) is 5.53. The standard InChI is InChI=1S/C12H18N4O2.ClH/c1-9(2)14-11(17)8-16-6-4-5-10(7-16)12(18)15-13-3;/h4-7,9,13H,8H2,1-3H3,(H-,14,15,17,18);1H. The fourth-order valence-electron chi connectivity index (χ4n) is 1.47. The van der Waals surface area contributed by atoms with E-state index in [4.69, 9.17) is 0 Å². The van der Waals surface area contributed by atoms with Gasteiger partial charge in [0.1, 0.15) is 5.56 Å². The van der Waals surface area contributed by atoms with Crippen LogP contribution in [0.5, 0.6) is 0 Å². The van der Waals surface area contributed by atoms with Crippen molar-refractivity contribution in [2.75, 3.05) is 7.05 Å². The molecule has 1 aromatic heterocycles. The molecule has 0 atom stereocenters. The van der Waals surface area contributed by atoms with Crippen LogP contribution in [0.2, 0.25) is 0 Å². The van der Waals surface area contributed by atoms with Gasteiger partial charge in [-0.25, -0.2) is 5.43 Å². The van der Waals surface area contributed by atoms with Crippen LogP contribution in [-0.4, -0.2) is 24.9 Å². The number of hydrogen-bond acceptors (Lipinski definition) is 3. The highest BCUT2D eigenvalue weighted by molar-refractivity contribution is 5.93. The van der Waals surface area contributed by atoms with Crippen molar-refractivity contribution in [2.24, 2.45) is 0 Å². The second kappa shape index (κ2) is 8.44. The van der Waals surface area contributed by atoms with Crippen molar-refractivity contribution in [3.8, 4) is 0 Å². The Labute approximate surface area is 119 Å². The number of carbonyl (C=O) groups is 2. The average Bonchev–Trinajstić information content (AvgIpc) is 2.28. The molecule has 0 unspecified atom stereocenters. The Morgan fingerprint density at radius 1 is 1.37 bits per heavy atom. The van der Waals surface area contributed by atoms with Crippen molar-refractivity contribution in [2.45, 2.75) is 26.4 Å². The Hall–Kier alpha value is -1.66. The highest BCUT2D eigenvalue weighted by Crippen LogP contribution is 1.93. The fourth-order valence-corrected chi connectivity index (χ4v) is 1.47. The third-order valence-corrected chi connectivity index (χ3v) is 2.13. The number of aromatic nitrogens is 1. The minimum absolute atomic E-state index is 0. The maximum absolute atomic E-state index is 11.6. The van der Waals surface area contributed by atoms with Crippen LogP contribution in [0.3, 0.4) is 0 Å². The van der Waals surface area contributed by atoms with Crippen LogP contribution < -0.4 is 33.1 Å². The number of nitrogens with zero attached hydrogens (tertiary/aromatic N) is 1. The van der Waals surface area contributed by atoms with Gasteiger partial charge in [0, 0.05) is 19.2 Å². The SMILES string of the molecule is CNNC(=O)c1ccc[n+](CC(=O)NC(C)C)c1.[Cl-]. The Balaban J connectivity index is 0.00000324. The minimum Gasteiger partial charge on any atom is -1.00 e. The van der Waals surface area contributed by atoms with Crippen LogP contribution in [0.15, 0.2) is 24.5 Å². The number of rotatable bonds is 5. The van der Waals surface area contributed by atoms with Gasteiger partial charge in [-0.2, -0.15) is 4.57 Å². The summed E-state index contributed by atoms with van der Waals surface area (Å²) in [6.07, 6.45) is 3.38. The van der Waals surface area contributed by atoms with Crippen molar-refractivity contribution < 1.29 is 26.6 Å². The Morgan fingerprint density at radius 2 is 2.05 bits per heavy atom. The van der Waals surface area contributed by atoms with E-state index in [2.05, 4.69) is 16.2 Å². The number of amides is 2. The summed E-state index contributed by atoms with van der Waals surface area (Å²) in [7, 11) is 1.62. The Morgan fingerprint density at radius 3 is 2.63 bits per heavy atom. The molecule has 0 fully saturated rings. The summed E-state index contributed by atoms with van der Waals surface area (Å²) in [5.74, 6) is -0.322. The molecule has 0 radical (unpaired) electrons. The predicted octanol–water partition coefficient (Wildman–Crippen LogP) is -3.63. The summed E-state index contributed by atoms with van der Waals surface area (Å²) in [5, 5.41) is 2.79. The zero-order chi connectivity index (χ0) is 13.5. The second-order valence-electron chi connectivity index (χ2n) is 4.19. The first-order chi connectivity index (χ1) is 8.52. The average molecular weight is 287 g/mol. The first kappa shape index (κ1) is 17.3. The fraction of sp³-hybridized carbons (Fsp3) is 0.417. The van der Waals surface area contributed by atoms with Crippen molar-refractivity contribution in [3.63, 3.8) is 0 Å². The van der Waals surface area contributed by atoms with Crippen LogP contribution in [0.4, 0.5) is 0 Å². The van der Waals surface area contributed by atoms with Gasteiger partial charge >= 0.3 is 0 Å². The largest absolute Gasteiger partial charge is 1.00 e. The summed E-state index contributed by atoms with van der Waals surface area (Å²) < 4.78 is 1.67. The van der Waals surface area contributed by atoms with Gasteiger partial charge in [-0.05, 0) is 19.9 Å². The van der Waals surface area contributed by atoms with Crippen LogP contribution in [0.25, 0.3) is 0 Å². The normalized spacial score (nSPS) is 9.68. The van der Waals surface area contributed by atoms with E-state index in [9.17, 15) is 9.59 Å². The quantitative estimate of drug-likeness (QED) is 0.386. The van der Waals surface area contributed by atoms with Crippen LogP contribution in [-0.2, 0) is 11.3 Å². The van der Waals surface area contributed by atoms with Crippen molar-refractivity contribution >= 4 is 11.8 Å². The number of pyridine rings is 1. The molecule has 0 saturated carbocycles. The maximum Gasteiger partial charge on any atom is 0.286 e. The first-order valence-corrected chi connectivity index (χ1v) is 5.78. The van der Waals surface area contributed by atoms with Crippen molar-refractivity contribution in [1.29, 1.82) is 0 Å². The van der Waals surface area contributed by atoms with E-state index in [1.807, 2.05) is 13.8 Å². The molecule has 7 heteroatoms. The summed E-state index contributed by atoms with van der Waals surface area (Å²) in [6, 6.07) is 3.52. The molecule has 0 saturated heterocycles. The lowest BCUT2D eigenvalue weighted by Gasteiger charge is -2.06. The molecule has 2 amide bonds. The van der Waals surface area contributed by atoms with Gasteiger partial charge in [-0.3, -0.25) is 15.0 Å². The topological polar surface area (TPSA) is 74.1 Å². The number of hydrogen-bond donors (Lipinski definition) is 3. The molecule has 0 aromatic carbocycles. The van der Waals surface area contributed by atoms with E-state index in [1.165, 1.54) is 0 Å². The second-order valence-corrected chi connectivity index (χ2v) is 4.19. The lowest BCUT2D eigenvalue weighted by atomic mass is 10.2. The van der Waals surface area contributed by atoms with Gasteiger partial charge in [-0.1, -0.05) is 0 Å². The van der Waals surface area contributed by atoms with Crippen LogP contribution in [0.1, 0.15) is 24.2 Å². The molecule has 106 valence electrons. The number of hydrazine groups is 1. The van der Waals surface area contributed by atoms with Gasteiger partial charge in [0.05, 0.1) is 0 Å². The monoisotopic (exact) mass is 286 g/mol. The highest BCUT2D eigenvalue weighted by atomic mass is 35.5. The molecule has 0 aliphatic heterocycles. The molecule has 3 N–H and O–H groups in total. The van der Waals surface area contributed by atoms with Crippen molar-refractivity contribution in [3.05, 3.63) is 30.1 Å². The summed E-state index contributed by atoms with van der Waals surface area (Å²) in [4.78, 5) is 23.2. The van der Waals surface area contributed by atoms with E-state index >= 15 is 0 Å². The molecular formula is C12H19ClN4O2. The first-order valence-electron chi connectivity index (χ1n) is 5.78. The third-order valence-electron chi connectivity index (χ3n) is 2.13. The van der Waals surface area contributed by atoms with Crippen LogP contribution >= 0.6 is 0 Å². The van der Waals surface area contributed by atoms with E-state index in [-0.39, 0.29) is 36.8 Å². The summed E-state index contributed by atoms with van der Waals surface area (Å²) in [6.45, 7) is 4.00. The number of nitrogens with one attached hydrogen (secondary N) is 3. The smallest absolute Gasteiger partial charge is 0.286 e. The van der Waals surface area contributed by atoms with Gasteiger partial charge in [-0.15, -0.1) is 0 Å². The zero-order valence-electron chi connectivity index (χ0n) is 11.2. The molecule has 0 spiro atoms. The molecule has 1 rings (SSSR count). The van der Waals surface area contributed by atoms with E-state index < -0.39 is 0 Å². The van der Waals surface area contributed by atoms with Gasteiger partial charge in [0.25, 0.3) is 11.8 Å². The van der Waals surface area contributed by atoms with E-state index in [0.717, 1.165) is 0 Å².